The number of carbonyl (C=O) groups excluding carboxylic acids is 3. The molecule has 0 aromatic heterocycles. The van der Waals surface area contributed by atoms with Gasteiger partial charge in [-0.2, -0.15) is 0 Å². The van der Waals surface area contributed by atoms with Crippen molar-refractivity contribution in [2.45, 2.75) is 202 Å². The summed E-state index contributed by atoms with van der Waals surface area (Å²) in [6, 6.07) is 15.1. The van der Waals surface area contributed by atoms with Gasteiger partial charge < -0.3 is 50.2 Å². The highest BCUT2D eigenvalue weighted by Crippen LogP contribution is 2.56. The Labute approximate surface area is 447 Å². The van der Waals surface area contributed by atoms with Gasteiger partial charge in [-0.15, -0.1) is 0 Å². The zero-order valence-corrected chi connectivity index (χ0v) is 44.4. The Morgan fingerprint density at radius 1 is 0.868 bits per heavy atom. The zero-order valence-electron chi connectivity index (χ0n) is 44.4. The third-order valence-corrected chi connectivity index (χ3v) is 18.7. The number of aliphatic hydroxyl groups is 5. The molecular weight excluding hydrogens is 963 g/mol. The molecule has 7 N–H and O–H groups in total. The molecule has 4 aliphatic carbocycles. The molecule has 0 saturated heterocycles. The fourth-order valence-corrected chi connectivity index (χ4v) is 14.5. The summed E-state index contributed by atoms with van der Waals surface area (Å²) in [6.07, 6.45) is 10.6. The predicted molar refractivity (Wildman–Crippen MR) is 287 cm³/mol. The molecule has 13 heteroatoms. The van der Waals surface area contributed by atoms with E-state index >= 15 is 4.79 Å². The van der Waals surface area contributed by atoms with Gasteiger partial charge in [0.05, 0.1) is 37.8 Å². The van der Waals surface area contributed by atoms with E-state index in [2.05, 4.69) is 17.2 Å². The van der Waals surface area contributed by atoms with Gasteiger partial charge >= 0.3 is 11.9 Å². The Morgan fingerprint density at radius 3 is 2.36 bits per heavy atom. The quantitative estimate of drug-likeness (QED) is 0.0545. The molecule has 3 aromatic carbocycles. The number of phenols is 1. The minimum absolute atomic E-state index is 0.0265. The van der Waals surface area contributed by atoms with Crippen LogP contribution in [0.5, 0.6) is 11.5 Å². The van der Waals surface area contributed by atoms with Gasteiger partial charge in [0, 0.05) is 60.0 Å². The summed E-state index contributed by atoms with van der Waals surface area (Å²) in [7, 11) is 0. The van der Waals surface area contributed by atoms with E-state index in [0.717, 1.165) is 81.8 Å². The number of anilines is 1. The van der Waals surface area contributed by atoms with Crippen LogP contribution in [0.4, 0.5) is 5.69 Å². The standard InChI is InChI=1S/C63H79NO12/c1-3-46-19-20-50-52-27-38-12-10-11-37(23-38)26-48(66)30-45-28-41(43-24-39(34-65)25-47(29-43)64-36-62(2,72)55(68)35-74-49-15-8-5-9-16-49)17-18-42-33-57(69)76-60-51(42)31-44(59(70)58(60)40-13-6-4-7-14-40)32-56(75-61(45)71)63(46,73)53(50)21-22-54(52)67/h10-12,23-25,29-31,40-42,46,48-50,52-53,55-56,64-66,68,70,72-73H,3-9,13-16,19-22,26-28,32-36H2,1-2H3/b45-30-/t41-,42-,46+,48+,50-,52+,53+,55-,56-,62-,63+/m1/s1. The van der Waals surface area contributed by atoms with E-state index in [0.29, 0.717) is 64.9 Å². The Balaban J connectivity index is 1.11. The van der Waals surface area contributed by atoms with Crippen molar-refractivity contribution in [2.75, 3.05) is 18.5 Å². The number of carbonyl (C=O) groups is 3. The maximum Gasteiger partial charge on any atom is 0.334 e. The predicted octanol–water partition coefficient (Wildman–Crippen LogP) is 8.69. The first-order valence-corrected chi connectivity index (χ1v) is 28.6. The highest BCUT2D eigenvalue weighted by atomic mass is 16.6. The highest BCUT2D eigenvalue weighted by molar-refractivity contribution is 5.89. The zero-order chi connectivity index (χ0) is 53.3. The number of hydrogen-bond donors (Lipinski definition) is 7. The number of aromatic hydroxyl groups is 1. The number of aliphatic hydroxyl groups excluding tert-OH is 3. The van der Waals surface area contributed by atoms with Crippen molar-refractivity contribution < 1.29 is 59.2 Å². The van der Waals surface area contributed by atoms with Crippen molar-refractivity contribution in [1.29, 1.82) is 0 Å². The molecule has 10 bridgehead atoms. The van der Waals surface area contributed by atoms with E-state index in [9.17, 15) is 40.2 Å². The van der Waals surface area contributed by atoms with Crippen molar-refractivity contribution in [1.82, 2.24) is 0 Å². The van der Waals surface area contributed by atoms with Gasteiger partial charge in [-0.1, -0.05) is 94.0 Å². The minimum atomic E-state index is -1.64. The fraction of sp³-hybridized carbons (Fsp3) is 0.603. The van der Waals surface area contributed by atoms with Crippen LogP contribution < -0.4 is 10.1 Å². The van der Waals surface area contributed by atoms with Gasteiger partial charge in [-0.25, -0.2) is 4.79 Å². The molecule has 3 aromatic rings. The van der Waals surface area contributed by atoms with Crippen LogP contribution in [-0.4, -0.2) is 97.1 Å². The number of Topliss-reactive ketones (excluding diaryl/α,β-unsaturated/α-hetero) is 1. The Hall–Kier alpha value is -5.07. The molecule has 76 heavy (non-hydrogen) atoms. The molecule has 10 rings (SSSR count). The number of ether oxygens (including phenoxy) is 3. The lowest BCUT2D eigenvalue weighted by Gasteiger charge is -2.56. The van der Waals surface area contributed by atoms with Gasteiger partial charge in [-0.05, 0) is 140 Å². The van der Waals surface area contributed by atoms with Gasteiger partial charge in [0.25, 0.3) is 0 Å². The SMILES string of the molecule is CC[C@H]1CC[C@@H]2[C@@H]3Cc4cccc(c4)C[C@H](O)/C=C4/C[C@H](c5cc(CO)cc(NC[C@@](C)(O)[C@H](O)COC6CCCCC6)c5)C#C[C@@H]5CC(=O)Oc6c5cc(c(O)c6C5CCCCC5)C[C@@H](OC4=O)[C@@]1(O)[C@H]2CCC3=O. The first-order chi connectivity index (χ1) is 36.6. The van der Waals surface area contributed by atoms with E-state index < -0.39 is 59.2 Å². The lowest BCUT2D eigenvalue weighted by Crippen LogP contribution is -2.63. The summed E-state index contributed by atoms with van der Waals surface area (Å²) in [4.78, 5) is 43.5. The van der Waals surface area contributed by atoms with Crippen LogP contribution in [0.25, 0.3) is 0 Å². The second kappa shape index (κ2) is 23.1. The van der Waals surface area contributed by atoms with Crippen molar-refractivity contribution in [3.05, 3.63) is 99.1 Å². The molecule has 7 aliphatic rings. The second-order valence-electron chi connectivity index (χ2n) is 23.8. The van der Waals surface area contributed by atoms with Crippen molar-refractivity contribution in [2.24, 2.45) is 23.7 Å². The van der Waals surface area contributed by atoms with Gasteiger partial charge in [0.1, 0.15) is 40.7 Å². The average Bonchev–Trinajstić information content (AvgIpc) is 3.47. The number of ketones is 1. The number of rotatable bonds is 11. The number of phenolic OH excluding ortho intramolecular Hbond substituents is 1. The molecule has 4 fully saturated rings. The number of hydrogen-bond acceptors (Lipinski definition) is 13. The monoisotopic (exact) mass is 1040 g/mol. The van der Waals surface area contributed by atoms with Crippen molar-refractivity contribution in [3.63, 3.8) is 0 Å². The molecule has 0 radical (unpaired) electrons. The van der Waals surface area contributed by atoms with E-state index in [-0.39, 0.29) is 98.7 Å². The highest BCUT2D eigenvalue weighted by Gasteiger charge is 2.59. The van der Waals surface area contributed by atoms with Crippen LogP contribution in [0, 0.1) is 35.5 Å². The van der Waals surface area contributed by atoms with Crippen LogP contribution in [0.3, 0.4) is 0 Å². The second-order valence-corrected chi connectivity index (χ2v) is 23.8. The van der Waals surface area contributed by atoms with Gasteiger partial charge in [0.2, 0.25) is 0 Å². The molecule has 408 valence electrons. The molecule has 11 atom stereocenters. The summed E-state index contributed by atoms with van der Waals surface area (Å²) in [6.45, 7) is 3.13. The number of fused-ring (bicyclic) bond motifs is 7. The Morgan fingerprint density at radius 2 is 1.61 bits per heavy atom. The molecule has 13 nitrogen and oxygen atoms in total. The first kappa shape index (κ1) is 54.3. The molecule has 3 heterocycles. The average molecular weight is 1040 g/mol. The van der Waals surface area contributed by atoms with E-state index in [1.54, 1.807) is 19.1 Å². The van der Waals surface area contributed by atoms with Crippen molar-refractivity contribution in [3.8, 4) is 23.3 Å². The fourth-order valence-electron chi connectivity index (χ4n) is 14.5. The molecule has 4 saturated carbocycles. The summed E-state index contributed by atoms with van der Waals surface area (Å²) < 4.78 is 19.1. The maximum atomic E-state index is 15.6. The third kappa shape index (κ3) is 11.4. The van der Waals surface area contributed by atoms with Crippen molar-refractivity contribution >= 4 is 23.4 Å². The summed E-state index contributed by atoms with van der Waals surface area (Å²) >= 11 is 0. The number of nitrogens with one attached hydrogen (secondary N) is 1. The van der Waals surface area contributed by atoms with E-state index in [1.165, 1.54) is 6.08 Å². The van der Waals surface area contributed by atoms with Crippen LogP contribution in [0.2, 0.25) is 0 Å². The lowest BCUT2D eigenvalue weighted by atomic mass is 9.53. The number of esters is 2. The Bertz CT molecular complexity index is 2720. The third-order valence-electron chi connectivity index (χ3n) is 18.7. The Kier molecular flexibility index (Phi) is 16.5. The molecule has 0 amide bonds. The van der Waals surface area contributed by atoms with Crippen LogP contribution in [-0.2, 0) is 49.7 Å². The first-order valence-electron chi connectivity index (χ1n) is 28.6. The summed E-state index contributed by atoms with van der Waals surface area (Å²) in [5.41, 5.74) is 1.91. The summed E-state index contributed by atoms with van der Waals surface area (Å²) in [5.74, 6) is 3.18. The normalized spacial score (nSPS) is 31.2. The van der Waals surface area contributed by atoms with E-state index in [4.69, 9.17) is 14.2 Å². The lowest BCUT2D eigenvalue weighted by molar-refractivity contribution is -0.212. The van der Waals surface area contributed by atoms with Crippen LogP contribution in [0.1, 0.15) is 180 Å². The molecular formula is C63H79NO12. The van der Waals surface area contributed by atoms with Gasteiger partial charge in [-0.3, -0.25) is 9.59 Å². The van der Waals surface area contributed by atoms with Crippen LogP contribution >= 0.6 is 0 Å². The summed E-state index contributed by atoms with van der Waals surface area (Å²) in [5, 5.41) is 75.5. The molecule has 0 unspecified atom stereocenters. The van der Waals surface area contributed by atoms with Crippen LogP contribution in [0.15, 0.2) is 60.2 Å². The smallest absolute Gasteiger partial charge is 0.334 e. The van der Waals surface area contributed by atoms with Gasteiger partial charge in [0.15, 0.2) is 0 Å². The molecule has 3 aliphatic heterocycles. The van der Waals surface area contributed by atoms with E-state index in [1.807, 2.05) is 43.3 Å². The molecule has 0 spiro atoms. The largest absolute Gasteiger partial charge is 0.507 e. The minimum Gasteiger partial charge on any atom is -0.507 e. The topological polar surface area (TPSA) is 212 Å². The number of benzene rings is 3. The maximum absolute atomic E-state index is 15.6.